The van der Waals surface area contributed by atoms with Crippen LogP contribution in [0.5, 0.6) is 5.75 Å². The van der Waals surface area contributed by atoms with Crippen LogP contribution in [-0.2, 0) is 6.61 Å². The van der Waals surface area contributed by atoms with Crippen molar-refractivity contribution in [1.82, 2.24) is 0 Å². The predicted octanol–water partition coefficient (Wildman–Crippen LogP) is 4.79. The van der Waals surface area contributed by atoms with Gasteiger partial charge in [0.2, 0.25) is 5.91 Å². The van der Waals surface area contributed by atoms with Crippen molar-refractivity contribution in [1.29, 1.82) is 0 Å². The highest BCUT2D eigenvalue weighted by molar-refractivity contribution is 9.10. The number of rotatable bonds is 5. The molecular weight excluding hydrogens is 366 g/mol. The summed E-state index contributed by atoms with van der Waals surface area (Å²) in [7, 11) is 0. The highest BCUT2D eigenvalue weighted by Gasteiger charge is 2.10. The highest BCUT2D eigenvalue weighted by Crippen LogP contribution is 2.32. The van der Waals surface area contributed by atoms with Crippen molar-refractivity contribution in [3.63, 3.8) is 0 Å². The van der Waals surface area contributed by atoms with Crippen molar-refractivity contribution in [2.75, 3.05) is 0 Å². The number of carbonyl (C=O) groups excluding carboxylic acids is 1. The molecule has 0 fully saturated rings. The van der Waals surface area contributed by atoms with Crippen molar-refractivity contribution in [2.45, 2.75) is 6.61 Å². The van der Waals surface area contributed by atoms with E-state index >= 15 is 0 Å². The Balaban J connectivity index is 1.93. The van der Waals surface area contributed by atoms with E-state index in [1.54, 1.807) is 12.1 Å². The second-order valence-corrected chi connectivity index (χ2v) is 6.28. The summed E-state index contributed by atoms with van der Waals surface area (Å²) in [6.07, 6.45) is 0. The number of carbonyl (C=O) groups is 1. The van der Waals surface area contributed by atoms with Gasteiger partial charge < -0.3 is 10.5 Å². The third kappa shape index (κ3) is 3.84. The number of hydrogen-bond acceptors (Lipinski definition) is 2. The molecule has 0 heterocycles. The van der Waals surface area contributed by atoms with Gasteiger partial charge in [0.15, 0.2) is 0 Å². The largest absolute Gasteiger partial charge is 0.488 e. The Morgan fingerprint density at radius 3 is 2.42 bits per heavy atom. The van der Waals surface area contributed by atoms with Crippen molar-refractivity contribution >= 4 is 21.8 Å². The number of halogens is 1. The molecule has 24 heavy (non-hydrogen) atoms. The zero-order chi connectivity index (χ0) is 16.9. The monoisotopic (exact) mass is 381 g/mol. The smallest absolute Gasteiger partial charge is 0.248 e. The van der Waals surface area contributed by atoms with E-state index in [0.717, 1.165) is 26.9 Å². The van der Waals surface area contributed by atoms with E-state index in [4.69, 9.17) is 10.5 Å². The van der Waals surface area contributed by atoms with E-state index in [1.165, 1.54) is 0 Å². The fourth-order valence-corrected chi connectivity index (χ4v) is 2.95. The Morgan fingerprint density at radius 1 is 0.958 bits per heavy atom. The molecule has 0 aliphatic carbocycles. The second kappa shape index (κ2) is 7.32. The lowest BCUT2D eigenvalue weighted by molar-refractivity contribution is 0.100. The summed E-state index contributed by atoms with van der Waals surface area (Å²) in [4.78, 5) is 11.5. The summed E-state index contributed by atoms with van der Waals surface area (Å²) in [5.74, 6) is 0.301. The molecule has 1 amide bonds. The van der Waals surface area contributed by atoms with Crippen LogP contribution in [0.2, 0.25) is 0 Å². The zero-order valence-corrected chi connectivity index (χ0v) is 14.5. The van der Waals surface area contributed by atoms with Crippen LogP contribution in [-0.4, -0.2) is 5.91 Å². The van der Waals surface area contributed by atoms with Crippen LogP contribution in [0.25, 0.3) is 11.1 Å². The van der Waals surface area contributed by atoms with E-state index in [2.05, 4.69) is 15.9 Å². The van der Waals surface area contributed by atoms with Gasteiger partial charge in [0.25, 0.3) is 0 Å². The van der Waals surface area contributed by atoms with Crippen LogP contribution < -0.4 is 10.5 Å². The molecule has 0 aliphatic heterocycles. The third-order valence-electron chi connectivity index (χ3n) is 3.62. The Kier molecular flexibility index (Phi) is 4.96. The zero-order valence-electron chi connectivity index (χ0n) is 12.9. The number of amides is 1. The minimum atomic E-state index is -0.458. The molecule has 0 atom stereocenters. The Bertz CT molecular complexity index is 863. The first-order valence-corrected chi connectivity index (χ1v) is 8.29. The Hall–Kier alpha value is -2.59. The molecule has 0 spiro atoms. The molecule has 3 rings (SSSR count). The van der Waals surface area contributed by atoms with Gasteiger partial charge >= 0.3 is 0 Å². The van der Waals surface area contributed by atoms with Crippen LogP contribution in [0.4, 0.5) is 0 Å². The summed E-state index contributed by atoms with van der Waals surface area (Å²) >= 11 is 3.43. The summed E-state index contributed by atoms with van der Waals surface area (Å²) in [6, 6.07) is 23.2. The van der Waals surface area contributed by atoms with Gasteiger partial charge in [0.05, 0.1) is 0 Å². The third-order valence-corrected chi connectivity index (χ3v) is 4.08. The molecule has 3 aromatic carbocycles. The van der Waals surface area contributed by atoms with Gasteiger partial charge in [-0.3, -0.25) is 4.79 Å². The van der Waals surface area contributed by atoms with Gasteiger partial charge in [-0.15, -0.1) is 0 Å². The Morgan fingerprint density at radius 2 is 1.67 bits per heavy atom. The molecule has 0 unspecified atom stereocenters. The highest BCUT2D eigenvalue weighted by atomic mass is 79.9. The lowest BCUT2D eigenvalue weighted by Crippen LogP contribution is -2.10. The number of ether oxygens (including phenoxy) is 1. The number of hydrogen-bond donors (Lipinski definition) is 1. The first-order valence-electron chi connectivity index (χ1n) is 7.50. The quantitative estimate of drug-likeness (QED) is 0.690. The second-order valence-electron chi connectivity index (χ2n) is 5.36. The molecule has 3 nitrogen and oxygen atoms in total. The molecule has 0 saturated carbocycles. The van der Waals surface area contributed by atoms with Crippen LogP contribution >= 0.6 is 15.9 Å². The van der Waals surface area contributed by atoms with Gasteiger partial charge in [-0.25, -0.2) is 0 Å². The van der Waals surface area contributed by atoms with Crippen molar-refractivity contribution in [3.8, 4) is 16.9 Å². The van der Waals surface area contributed by atoms with Crippen molar-refractivity contribution in [3.05, 3.63) is 88.4 Å². The minimum Gasteiger partial charge on any atom is -0.488 e. The van der Waals surface area contributed by atoms with Gasteiger partial charge in [-0.2, -0.15) is 0 Å². The van der Waals surface area contributed by atoms with E-state index in [0.29, 0.717) is 12.2 Å². The molecule has 4 heteroatoms. The Labute approximate surface area is 149 Å². The molecule has 120 valence electrons. The molecule has 0 aromatic heterocycles. The van der Waals surface area contributed by atoms with E-state index < -0.39 is 5.91 Å². The molecule has 0 saturated heterocycles. The summed E-state index contributed by atoms with van der Waals surface area (Å²) in [6.45, 7) is 0.481. The number of para-hydroxylation sites is 1. The van der Waals surface area contributed by atoms with Gasteiger partial charge in [-0.05, 0) is 35.4 Å². The molecular formula is C20H16BrNO2. The van der Waals surface area contributed by atoms with Gasteiger partial charge in [-0.1, -0.05) is 64.5 Å². The lowest BCUT2D eigenvalue weighted by Gasteiger charge is -2.13. The molecule has 0 radical (unpaired) electrons. The standard InChI is InChI=1S/C20H16BrNO2/c21-17-11-15(10-16(12-17)20(22)23)18-8-4-5-9-19(18)24-13-14-6-2-1-3-7-14/h1-12H,13H2,(H2,22,23). The molecule has 0 bridgehead atoms. The van der Waals surface area contributed by atoms with Crippen molar-refractivity contribution < 1.29 is 9.53 Å². The molecule has 2 N–H and O–H groups in total. The number of nitrogens with two attached hydrogens (primary N) is 1. The lowest BCUT2D eigenvalue weighted by atomic mass is 10.0. The van der Waals surface area contributed by atoms with Crippen molar-refractivity contribution in [2.24, 2.45) is 5.73 Å². The fourth-order valence-electron chi connectivity index (χ4n) is 2.45. The number of primary amides is 1. The van der Waals surface area contributed by atoms with Gasteiger partial charge in [0, 0.05) is 15.6 Å². The van der Waals surface area contributed by atoms with E-state index in [9.17, 15) is 4.79 Å². The van der Waals surface area contributed by atoms with E-state index in [1.807, 2.05) is 60.7 Å². The summed E-state index contributed by atoms with van der Waals surface area (Å²) < 4.78 is 6.78. The molecule has 0 aliphatic rings. The first kappa shape index (κ1) is 16.3. The maximum absolute atomic E-state index is 11.5. The van der Waals surface area contributed by atoms with E-state index in [-0.39, 0.29) is 0 Å². The molecule has 3 aromatic rings. The first-order chi connectivity index (χ1) is 11.6. The van der Waals surface area contributed by atoms with Crippen LogP contribution in [0.15, 0.2) is 77.3 Å². The average Bonchev–Trinajstić information content (AvgIpc) is 2.60. The fraction of sp³-hybridized carbons (Fsp3) is 0.0500. The summed E-state index contributed by atoms with van der Waals surface area (Å²) in [5, 5.41) is 0. The van der Waals surface area contributed by atoms with Crippen LogP contribution in [0, 0.1) is 0 Å². The minimum absolute atomic E-state index is 0.456. The van der Waals surface area contributed by atoms with Crippen LogP contribution in [0.1, 0.15) is 15.9 Å². The maximum Gasteiger partial charge on any atom is 0.248 e. The summed E-state index contributed by atoms with van der Waals surface area (Å²) in [5.41, 5.74) is 8.75. The average molecular weight is 382 g/mol. The maximum atomic E-state index is 11.5. The predicted molar refractivity (Wildman–Crippen MR) is 98.9 cm³/mol. The number of benzene rings is 3. The topological polar surface area (TPSA) is 52.3 Å². The SMILES string of the molecule is NC(=O)c1cc(Br)cc(-c2ccccc2OCc2ccccc2)c1. The van der Waals surface area contributed by atoms with Crippen LogP contribution in [0.3, 0.4) is 0 Å². The van der Waals surface area contributed by atoms with Gasteiger partial charge in [0.1, 0.15) is 12.4 Å². The normalized spacial score (nSPS) is 10.4.